The first kappa shape index (κ1) is 11.9. The number of aromatic nitrogens is 1. The molecule has 1 N–H and O–H groups in total. The number of amides is 1. The minimum atomic E-state index is -0.617. The van der Waals surface area contributed by atoms with E-state index in [1.165, 1.54) is 0 Å². The number of nitro groups is 1. The van der Waals surface area contributed by atoms with Gasteiger partial charge in [0.25, 0.3) is 11.2 Å². The lowest BCUT2D eigenvalue weighted by atomic mass is 10.4. The van der Waals surface area contributed by atoms with E-state index in [0.29, 0.717) is 6.54 Å². The van der Waals surface area contributed by atoms with Gasteiger partial charge in [-0.05, 0) is 6.92 Å². The third-order valence-electron chi connectivity index (χ3n) is 1.87. The first-order valence-corrected chi connectivity index (χ1v) is 4.66. The first-order chi connectivity index (χ1) is 7.54. The Hall–Kier alpha value is -2.18. The van der Waals surface area contributed by atoms with Gasteiger partial charge in [0.2, 0.25) is 5.91 Å². The molecule has 0 unspecified atom stereocenters. The van der Waals surface area contributed by atoms with Crippen LogP contribution in [-0.4, -0.2) is 21.9 Å². The maximum absolute atomic E-state index is 11.3. The van der Waals surface area contributed by atoms with Crippen molar-refractivity contribution in [1.82, 2.24) is 9.88 Å². The summed E-state index contributed by atoms with van der Waals surface area (Å²) in [7, 11) is 0. The van der Waals surface area contributed by atoms with Gasteiger partial charge in [-0.2, -0.15) is 0 Å². The molecule has 0 radical (unpaired) electrons. The van der Waals surface area contributed by atoms with Crippen LogP contribution in [0, 0.1) is 10.1 Å². The van der Waals surface area contributed by atoms with Crippen LogP contribution < -0.4 is 10.9 Å². The van der Waals surface area contributed by atoms with E-state index in [-0.39, 0.29) is 18.1 Å². The quantitative estimate of drug-likeness (QED) is 0.571. The summed E-state index contributed by atoms with van der Waals surface area (Å²) in [5.74, 6) is -0.356. The SMILES string of the molecule is CCNC(=O)Cn1cc([N+](=O)[O-])ccc1=O. The summed E-state index contributed by atoms with van der Waals surface area (Å²) in [5, 5.41) is 13.0. The molecule has 16 heavy (non-hydrogen) atoms. The molecule has 0 spiro atoms. The first-order valence-electron chi connectivity index (χ1n) is 4.66. The maximum atomic E-state index is 11.3. The van der Waals surface area contributed by atoms with Gasteiger partial charge in [0.05, 0.1) is 11.1 Å². The van der Waals surface area contributed by atoms with Gasteiger partial charge in [0.1, 0.15) is 6.54 Å². The smallest absolute Gasteiger partial charge is 0.285 e. The highest BCUT2D eigenvalue weighted by Gasteiger charge is 2.09. The number of pyridine rings is 1. The van der Waals surface area contributed by atoms with Gasteiger partial charge < -0.3 is 5.32 Å². The van der Waals surface area contributed by atoms with E-state index >= 15 is 0 Å². The van der Waals surface area contributed by atoms with Crippen molar-refractivity contribution in [3.63, 3.8) is 0 Å². The highest BCUT2D eigenvalue weighted by atomic mass is 16.6. The highest BCUT2D eigenvalue weighted by Crippen LogP contribution is 2.05. The van der Waals surface area contributed by atoms with Gasteiger partial charge in [0.15, 0.2) is 0 Å². The lowest BCUT2D eigenvalue weighted by molar-refractivity contribution is -0.385. The molecule has 0 atom stereocenters. The van der Waals surface area contributed by atoms with Crippen LogP contribution >= 0.6 is 0 Å². The molecule has 1 amide bonds. The molecule has 0 bridgehead atoms. The van der Waals surface area contributed by atoms with Crippen molar-refractivity contribution in [3.8, 4) is 0 Å². The summed E-state index contributed by atoms with van der Waals surface area (Å²) in [6.45, 7) is 1.98. The minimum Gasteiger partial charge on any atom is -0.355 e. The van der Waals surface area contributed by atoms with Gasteiger partial charge in [-0.1, -0.05) is 0 Å². The summed E-state index contributed by atoms with van der Waals surface area (Å²) in [4.78, 5) is 32.3. The summed E-state index contributed by atoms with van der Waals surface area (Å²) in [5.41, 5.74) is -0.666. The van der Waals surface area contributed by atoms with Gasteiger partial charge >= 0.3 is 0 Å². The Balaban J connectivity index is 2.94. The van der Waals surface area contributed by atoms with E-state index in [2.05, 4.69) is 5.32 Å². The average molecular weight is 225 g/mol. The maximum Gasteiger partial charge on any atom is 0.285 e. The van der Waals surface area contributed by atoms with E-state index < -0.39 is 10.5 Å². The van der Waals surface area contributed by atoms with Gasteiger partial charge in [0, 0.05) is 18.7 Å². The largest absolute Gasteiger partial charge is 0.355 e. The molecule has 7 heteroatoms. The molecule has 7 nitrogen and oxygen atoms in total. The van der Waals surface area contributed by atoms with Crippen LogP contribution in [0.2, 0.25) is 0 Å². The predicted molar refractivity (Wildman–Crippen MR) is 56.0 cm³/mol. The second-order valence-electron chi connectivity index (χ2n) is 3.06. The van der Waals surface area contributed by atoms with Crippen LogP contribution in [0.25, 0.3) is 0 Å². The van der Waals surface area contributed by atoms with E-state index in [9.17, 15) is 19.7 Å². The standard InChI is InChI=1S/C9H11N3O4/c1-2-10-8(13)6-11-5-7(12(15)16)3-4-9(11)14/h3-5H,2,6H2,1H3,(H,10,13). The molecule has 0 aromatic carbocycles. The second-order valence-corrected chi connectivity index (χ2v) is 3.06. The molecule has 0 aliphatic rings. The molecule has 1 heterocycles. The van der Waals surface area contributed by atoms with Crippen LogP contribution in [0.3, 0.4) is 0 Å². The Morgan fingerprint density at radius 3 is 2.81 bits per heavy atom. The Bertz CT molecular complexity index is 466. The number of hydrogen-bond donors (Lipinski definition) is 1. The molecule has 0 fully saturated rings. The lowest BCUT2D eigenvalue weighted by Crippen LogP contribution is -2.31. The molecule has 0 saturated heterocycles. The Labute approximate surface area is 90.8 Å². The van der Waals surface area contributed by atoms with Crippen molar-refractivity contribution in [3.05, 3.63) is 38.8 Å². The van der Waals surface area contributed by atoms with E-state index in [4.69, 9.17) is 0 Å². The van der Waals surface area contributed by atoms with Crippen molar-refractivity contribution >= 4 is 11.6 Å². The summed E-state index contributed by atoms with van der Waals surface area (Å²) in [6.07, 6.45) is 1.05. The zero-order valence-corrected chi connectivity index (χ0v) is 8.67. The van der Waals surface area contributed by atoms with Crippen LogP contribution in [-0.2, 0) is 11.3 Å². The average Bonchev–Trinajstić information content (AvgIpc) is 2.21. The van der Waals surface area contributed by atoms with Crippen LogP contribution in [0.5, 0.6) is 0 Å². The zero-order valence-electron chi connectivity index (χ0n) is 8.67. The third kappa shape index (κ3) is 2.91. The van der Waals surface area contributed by atoms with Crippen molar-refractivity contribution in [1.29, 1.82) is 0 Å². The molecular formula is C9H11N3O4. The van der Waals surface area contributed by atoms with Crippen molar-refractivity contribution in [2.75, 3.05) is 6.54 Å². The summed E-state index contributed by atoms with van der Waals surface area (Å²) < 4.78 is 1.00. The molecule has 86 valence electrons. The lowest BCUT2D eigenvalue weighted by Gasteiger charge is -2.04. The fourth-order valence-corrected chi connectivity index (χ4v) is 1.16. The van der Waals surface area contributed by atoms with Gasteiger partial charge in [-0.15, -0.1) is 0 Å². The van der Waals surface area contributed by atoms with E-state index in [0.717, 1.165) is 22.9 Å². The van der Waals surface area contributed by atoms with Crippen molar-refractivity contribution in [2.24, 2.45) is 0 Å². The zero-order chi connectivity index (χ0) is 12.1. The van der Waals surface area contributed by atoms with E-state index in [1.54, 1.807) is 6.92 Å². The number of carbonyl (C=O) groups excluding carboxylic acids is 1. The van der Waals surface area contributed by atoms with Crippen LogP contribution in [0.15, 0.2) is 23.1 Å². The third-order valence-corrected chi connectivity index (χ3v) is 1.87. The molecule has 1 aromatic heterocycles. The van der Waals surface area contributed by atoms with Gasteiger partial charge in [-0.3, -0.25) is 24.3 Å². The number of rotatable bonds is 4. The second kappa shape index (κ2) is 5.06. The fraction of sp³-hybridized carbons (Fsp3) is 0.333. The normalized spacial score (nSPS) is 9.81. The molecule has 0 saturated carbocycles. The number of nitrogens with zero attached hydrogens (tertiary/aromatic N) is 2. The molecule has 0 aliphatic heterocycles. The fourth-order valence-electron chi connectivity index (χ4n) is 1.16. The summed E-state index contributed by atoms with van der Waals surface area (Å²) >= 11 is 0. The number of likely N-dealkylation sites (N-methyl/N-ethyl adjacent to an activating group) is 1. The predicted octanol–water partition coefficient (Wildman–Crippen LogP) is -0.107. The van der Waals surface area contributed by atoms with Crippen LogP contribution in [0.1, 0.15) is 6.92 Å². The van der Waals surface area contributed by atoms with Crippen molar-refractivity contribution < 1.29 is 9.72 Å². The number of carbonyl (C=O) groups is 1. The Morgan fingerprint density at radius 2 is 2.25 bits per heavy atom. The number of nitrogens with one attached hydrogen (secondary N) is 1. The summed E-state index contributed by atoms with van der Waals surface area (Å²) in [6, 6.07) is 2.17. The topological polar surface area (TPSA) is 94.2 Å². The van der Waals surface area contributed by atoms with Crippen molar-refractivity contribution in [2.45, 2.75) is 13.5 Å². The molecule has 1 rings (SSSR count). The Morgan fingerprint density at radius 1 is 1.56 bits per heavy atom. The molecular weight excluding hydrogens is 214 g/mol. The molecule has 0 aliphatic carbocycles. The highest BCUT2D eigenvalue weighted by molar-refractivity contribution is 5.75. The molecule has 1 aromatic rings. The van der Waals surface area contributed by atoms with Crippen LogP contribution in [0.4, 0.5) is 5.69 Å². The van der Waals surface area contributed by atoms with E-state index in [1.807, 2.05) is 0 Å². The minimum absolute atomic E-state index is 0.214. The number of hydrogen-bond acceptors (Lipinski definition) is 4. The monoisotopic (exact) mass is 225 g/mol. The Kier molecular flexibility index (Phi) is 3.76. The van der Waals surface area contributed by atoms with Gasteiger partial charge in [-0.25, -0.2) is 0 Å².